The molecule has 33 heavy (non-hydrogen) atoms. The van der Waals surface area contributed by atoms with Gasteiger partial charge in [0.2, 0.25) is 10.0 Å². The van der Waals surface area contributed by atoms with Gasteiger partial charge in [0.1, 0.15) is 5.75 Å². The summed E-state index contributed by atoms with van der Waals surface area (Å²) in [5.41, 5.74) is 1.82. The number of hydrogen-bond acceptors (Lipinski definition) is 6. The molecule has 1 N–H and O–H groups in total. The van der Waals surface area contributed by atoms with Gasteiger partial charge in [0.25, 0.3) is 5.91 Å². The van der Waals surface area contributed by atoms with E-state index in [0.29, 0.717) is 24.5 Å². The molecule has 0 spiro atoms. The maximum atomic E-state index is 13.0. The molecular weight excluding hydrogens is 442 g/mol. The average molecular weight is 476 g/mol. The van der Waals surface area contributed by atoms with Crippen LogP contribution in [0.1, 0.15) is 38.1 Å². The van der Waals surface area contributed by atoms with Gasteiger partial charge in [-0.2, -0.15) is 4.31 Å². The minimum Gasteiger partial charge on any atom is -0.496 e. The van der Waals surface area contributed by atoms with Crippen LogP contribution in [0.15, 0.2) is 47.4 Å². The van der Waals surface area contributed by atoms with E-state index >= 15 is 0 Å². The van der Waals surface area contributed by atoms with Crippen LogP contribution < -0.4 is 15.0 Å². The Kier molecular flexibility index (Phi) is 7.99. The molecule has 2 unspecified atom stereocenters. The van der Waals surface area contributed by atoms with Crippen LogP contribution in [0.3, 0.4) is 0 Å². The van der Waals surface area contributed by atoms with Gasteiger partial charge in [0, 0.05) is 37.6 Å². The number of hydrogen-bond donors (Lipinski definition) is 1. The van der Waals surface area contributed by atoms with Crippen molar-refractivity contribution in [2.75, 3.05) is 43.5 Å². The molecule has 2 aromatic carbocycles. The molecule has 1 aliphatic rings. The summed E-state index contributed by atoms with van der Waals surface area (Å²) in [6.45, 7) is 9.97. The topological polar surface area (TPSA) is 88.2 Å². The molecule has 1 fully saturated rings. The number of benzene rings is 2. The van der Waals surface area contributed by atoms with Crippen molar-refractivity contribution in [3.63, 3.8) is 0 Å². The first kappa shape index (κ1) is 25.0. The van der Waals surface area contributed by atoms with Crippen molar-refractivity contribution >= 4 is 27.3 Å². The maximum Gasteiger partial charge on any atom is 0.259 e. The summed E-state index contributed by atoms with van der Waals surface area (Å²) in [5, 5.41) is 2.85. The molecule has 1 aliphatic heterocycles. The average Bonchev–Trinajstić information content (AvgIpc) is 2.79. The standard InChI is InChI=1S/C24H33N3O5S/c1-6-27(7-2)33(29,30)21-12-13-23(31-5)22(14-21)24(28)25-19-8-10-20(11-9-19)26-15-17(3)32-18(4)16-26/h8-14,17-18H,6-7,15-16H2,1-5H3,(H,25,28). The van der Waals surface area contributed by atoms with E-state index in [1.165, 1.54) is 29.6 Å². The summed E-state index contributed by atoms with van der Waals surface area (Å²) in [6, 6.07) is 11.9. The summed E-state index contributed by atoms with van der Waals surface area (Å²) in [7, 11) is -2.25. The van der Waals surface area contributed by atoms with E-state index in [0.717, 1.165) is 18.8 Å². The third-order valence-corrected chi connectivity index (χ3v) is 7.71. The predicted octanol–water partition coefficient (Wildman–Crippen LogP) is 3.59. The predicted molar refractivity (Wildman–Crippen MR) is 130 cm³/mol. The third-order valence-electron chi connectivity index (χ3n) is 5.67. The molecule has 0 aliphatic carbocycles. The Morgan fingerprint density at radius 1 is 1.09 bits per heavy atom. The number of anilines is 2. The van der Waals surface area contributed by atoms with Crippen LogP contribution in [0.2, 0.25) is 0 Å². The van der Waals surface area contributed by atoms with Crippen LogP contribution in [0.4, 0.5) is 11.4 Å². The van der Waals surface area contributed by atoms with E-state index in [2.05, 4.69) is 24.1 Å². The van der Waals surface area contributed by atoms with Crippen molar-refractivity contribution in [3.8, 4) is 5.75 Å². The van der Waals surface area contributed by atoms with Crippen LogP contribution in [0.5, 0.6) is 5.75 Å². The molecule has 1 amide bonds. The van der Waals surface area contributed by atoms with Crippen molar-refractivity contribution in [3.05, 3.63) is 48.0 Å². The SMILES string of the molecule is CCN(CC)S(=O)(=O)c1ccc(OC)c(C(=O)Nc2ccc(N3CC(C)OC(C)C3)cc2)c1. The lowest BCUT2D eigenvalue weighted by atomic mass is 10.1. The summed E-state index contributed by atoms with van der Waals surface area (Å²) < 4.78 is 38.3. The fourth-order valence-corrected chi connectivity index (χ4v) is 5.57. The first-order chi connectivity index (χ1) is 15.7. The number of nitrogens with zero attached hydrogens (tertiary/aromatic N) is 2. The maximum absolute atomic E-state index is 13.0. The van der Waals surface area contributed by atoms with Crippen molar-refractivity contribution in [1.82, 2.24) is 4.31 Å². The third kappa shape index (κ3) is 5.66. The number of amides is 1. The Morgan fingerprint density at radius 2 is 1.70 bits per heavy atom. The first-order valence-corrected chi connectivity index (χ1v) is 12.6. The molecule has 9 heteroatoms. The molecule has 8 nitrogen and oxygen atoms in total. The molecule has 180 valence electrons. The highest BCUT2D eigenvalue weighted by atomic mass is 32.2. The summed E-state index contributed by atoms with van der Waals surface area (Å²) >= 11 is 0. The molecule has 0 aromatic heterocycles. The van der Waals surface area contributed by atoms with Crippen molar-refractivity contribution in [2.45, 2.75) is 44.8 Å². The van der Waals surface area contributed by atoms with E-state index in [-0.39, 0.29) is 22.7 Å². The molecule has 2 aromatic rings. The number of methoxy groups -OCH3 is 1. The monoisotopic (exact) mass is 475 g/mol. The van der Waals surface area contributed by atoms with E-state index < -0.39 is 15.9 Å². The zero-order chi connectivity index (χ0) is 24.2. The minimum absolute atomic E-state index is 0.0584. The Balaban J connectivity index is 1.81. The van der Waals surface area contributed by atoms with Gasteiger partial charge in [-0.05, 0) is 56.3 Å². The highest BCUT2D eigenvalue weighted by Gasteiger charge is 2.25. The van der Waals surface area contributed by atoms with Gasteiger partial charge in [0.05, 0.1) is 29.8 Å². The lowest BCUT2D eigenvalue weighted by Crippen LogP contribution is -2.45. The van der Waals surface area contributed by atoms with Crippen molar-refractivity contribution in [2.24, 2.45) is 0 Å². The van der Waals surface area contributed by atoms with E-state index in [1.54, 1.807) is 13.8 Å². The van der Waals surface area contributed by atoms with Crippen molar-refractivity contribution in [1.29, 1.82) is 0 Å². The Hall–Kier alpha value is -2.62. The van der Waals surface area contributed by atoms with Gasteiger partial charge in [0.15, 0.2) is 0 Å². The second-order valence-electron chi connectivity index (χ2n) is 8.11. The molecule has 2 atom stereocenters. The quantitative estimate of drug-likeness (QED) is 0.628. The van der Waals surface area contributed by atoms with Gasteiger partial charge in [-0.3, -0.25) is 4.79 Å². The number of nitrogens with one attached hydrogen (secondary N) is 1. The highest BCUT2D eigenvalue weighted by Crippen LogP contribution is 2.27. The number of carbonyl (C=O) groups is 1. The summed E-state index contributed by atoms with van der Waals surface area (Å²) in [5.74, 6) is -0.135. The molecule has 1 saturated heterocycles. The fourth-order valence-electron chi connectivity index (χ4n) is 4.08. The zero-order valence-electron chi connectivity index (χ0n) is 19.9. The normalized spacial score (nSPS) is 18.9. The zero-order valence-corrected chi connectivity index (χ0v) is 20.7. The second kappa shape index (κ2) is 10.5. The number of ether oxygens (including phenoxy) is 2. The molecule has 3 rings (SSSR count). The Labute approximate surface area is 196 Å². The number of carbonyl (C=O) groups excluding carboxylic acids is 1. The first-order valence-electron chi connectivity index (χ1n) is 11.2. The molecule has 0 radical (unpaired) electrons. The van der Waals surface area contributed by atoms with E-state index in [9.17, 15) is 13.2 Å². The minimum atomic E-state index is -3.70. The van der Waals surface area contributed by atoms with Crippen LogP contribution in [-0.4, -0.2) is 64.1 Å². The Bertz CT molecular complexity index is 1060. The highest BCUT2D eigenvalue weighted by molar-refractivity contribution is 7.89. The number of morpholine rings is 1. The molecule has 0 saturated carbocycles. The van der Waals surface area contributed by atoms with Crippen LogP contribution in [0, 0.1) is 0 Å². The van der Waals surface area contributed by atoms with E-state index in [1.807, 2.05) is 24.3 Å². The molecule has 1 heterocycles. The van der Waals surface area contributed by atoms with Crippen LogP contribution in [0.25, 0.3) is 0 Å². The van der Waals surface area contributed by atoms with Crippen molar-refractivity contribution < 1.29 is 22.7 Å². The summed E-state index contributed by atoms with van der Waals surface area (Å²) in [4.78, 5) is 15.3. The largest absolute Gasteiger partial charge is 0.496 e. The number of sulfonamides is 1. The van der Waals surface area contributed by atoms with E-state index in [4.69, 9.17) is 9.47 Å². The smallest absolute Gasteiger partial charge is 0.259 e. The van der Waals surface area contributed by atoms with Gasteiger partial charge in [-0.15, -0.1) is 0 Å². The van der Waals surface area contributed by atoms with Crippen LogP contribution >= 0.6 is 0 Å². The van der Waals surface area contributed by atoms with Gasteiger partial charge >= 0.3 is 0 Å². The summed E-state index contributed by atoms with van der Waals surface area (Å²) in [6.07, 6.45) is 0.306. The number of rotatable bonds is 8. The Morgan fingerprint density at radius 3 is 2.24 bits per heavy atom. The molecular formula is C24H33N3O5S. The lowest BCUT2D eigenvalue weighted by molar-refractivity contribution is -0.00521. The van der Waals surface area contributed by atoms with Crippen LogP contribution in [-0.2, 0) is 14.8 Å². The van der Waals surface area contributed by atoms with Gasteiger partial charge < -0.3 is 19.7 Å². The fraction of sp³-hybridized carbons (Fsp3) is 0.458. The second-order valence-corrected chi connectivity index (χ2v) is 10.1. The molecule has 0 bridgehead atoms. The van der Waals surface area contributed by atoms with Gasteiger partial charge in [-0.25, -0.2) is 8.42 Å². The van der Waals surface area contributed by atoms with Gasteiger partial charge in [-0.1, -0.05) is 13.8 Å². The lowest BCUT2D eigenvalue weighted by Gasteiger charge is -2.36.